The molecule has 0 N–H and O–H groups in total. The van der Waals surface area contributed by atoms with Gasteiger partial charge >= 0.3 is 0 Å². The Bertz CT molecular complexity index is 203. The molecule has 54 valence electrons. The molecule has 0 radical (unpaired) electrons. The minimum atomic E-state index is -0.436. The third-order valence-corrected chi connectivity index (χ3v) is 2.99. The van der Waals surface area contributed by atoms with E-state index < -0.39 is 7.27 Å². The van der Waals surface area contributed by atoms with Crippen molar-refractivity contribution in [2.75, 3.05) is 6.66 Å². The fraction of sp³-hybridized carbons (Fsp3) is 0.250. The molecule has 0 heterocycles. The molecule has 1 rings (SSSR count). The maximum Gasteiger partial charge on any atom is 0.0180 e. The lowest BCUT2D eigenvalue weighted by Gasteiger charge is -2.01. The molecule has 0 saturated carbocycles. The van der Waals surface area contributed by atoms with Gasteiger partial charge in [-0.2, -0.15) is 0 Å². The lowest BCUT2D eigenvalue weighted by molar-refractivity contribution is 1.49. The fourth-order valence-corrected chi connectivity index (χ4v) is 1.65. The molecule has 1 aromatic carbocycles. The Labute approximate surface area is 67.8 Å². The summed E-state index contributed by atoms with van der Waals surface area (Å²) in [5.41, 5.74) is 1.29. The molecular formula is C8H10ClP. The number of halogens is 1. The van der Waals surface area contributed by atoms with E-state index in [1.54, 1.807) is 0 Å². The van der Waals surface area contributed by atoms with Gasteiger partial charge in [0.2, 0.25) is 0 Å². The number of aryl methyl sites for hydroxylation is 1. The zero-order valence-electron chi connectivity index (χ0n) is 6.13. The summed E-state index contributed by atoms with van der Waals surface area (Å²) in [5.74, 6) is 0. The van der Waals surface area contributed by atoms with Crippen LogP contribution in [0, 0.1) is 6.92 Å². The van der Waals surface area contributed by atoms with E-state index >= 15 is 0 Å². The van der Waals surface area contributed by atoms with E-state index in [4.69, 9.17) is 11.2 Å². The monoisotopic (exact) mass is 172 g/mol. The van der Waals surface area contributed by atoms with Gasteiger partial charge in [-0.3, -0.25) is 0 Å². The Morgan fingerprint density at radius 3 is 2.10 bits per heavy atom. The first-order valence-corrected chi connectivity index (χ1v) is 5.86. The van der Waals surface area contributed by atoms with Crippen molar-refractivity contribution in [3.63, 3.8) is 0 Å². The predicted octanol–water partition coefficient (Wildman–Crippen LogP) is 2.89. The minimum Gasteiger partial charge on any atom is -0.0915 e. The molecule has 0 spiro atoms. The summed E-state index contributed by atoms with van der Waals surface area (Å²) in [5, 5.41) is 1.25. The summed E-state index contributed by atoms with van der Waals surface area (Å²) in [4.78, 5) is 0. The fourth-order valence-electron chi connectivity index (χ4n) is 0.750. The second kappa shape index (κ2) is 3.37. The Kier molecular flexibility index (Phi) is 2.71. The highest BCUT2D eigenvalue weighted by Crippen LogP contribution is 2.34. The van der Waals surface area contributed by atoms with Crippen LogP contribution in [0.2, 0.25) is 0 Å². The second-order valence-corrected chi connectivity index (χ2v) is 5.30. The Hall–Kier alpha value is -0.0600. The lowest BCUT2D eigenvalue weighted by atomic mass is 10.2. The molecule has 0 aliphatic rings. The Morgan fingerprint density at radius 1 is 1.20 bits per heavy atom. The SMILES string of the molecule is Cc1ccc(P(C)Cl)cc1. The third-order valence-electron chi connectivity index (χ3n) is 1.39. The number of rotatable bonds is 1. The first-order chi connectivity index (χ1) is 4.70. The van der Waals surface area contributed by atoms with Crippen LogP contribution in [0.25, 0.3) is 0 Å². The van der Waals surface area contributed by atoms with Crippen LogP contribution in [-0.4, -0.2) is 6.66 Å². The van der Waals surface area contributed by atoms with Crippen molar-refractivity contribution in [2.45, 2.75) is 6.92 Å². The van der Waals surface area contributed by atoms with Gasteiger partial charge in [0, 0.05) is 7.27 Å². The van der Waals surface area contributed by atoms with Gasteiger partial charge in [-0.05, 0) is 18.9 Å². The largest absolute Gasteiger partial charge is 0.0915 e. The van der Waals surface area contributed by atoms with Gasteiger partial charge in [-0.15, -0.1) is 0 Å². The highest BCUT2D eigenvalue weighted by molar-refractivity contribution is 7.89. The van der Waals surface area contributed by atoms with Crippen molar-refractivity contribution in [3.8, 4) is 0 Å². The molecule has 0 aliphatic heterocycles. The van der Waals surface area contributed by atoms with Gasteiger partial charge in [-0.1, -0.05) is 41.1 Å². The lowest BCUT2D eigenvalue weighted by Crippen LogP contribution is -1.94. The van der Waals surface area contributed by atoms with E-state index in [1.807, 2.05) is 6.66 Å². The predicted molar refractivity (Wildman–Crippen MR) is 49.5 cm³/mol. The quantitative estimate of drug-likeness (QED) is 0.572. The molecule has 2 heteroatoms. The Morgan fingerprint density at radius 2 is 1.70 bits per heavy atom. The topological polar surface area (TPSA) is 0 Å². The zero-order chi connectivity index (χ0) is 7.56. The summed E-state index contributed by atoms with van der Waals surface area (Å²) >= 11 is 5.92. The molecular weight excluding hydrogens is 163 g/mol. The average molecular weight is 173 g/mol. The van der Waals surface area contributed by atoms with Crippen molar-refractivity contribution in [1.82, 2.24) is 0 Å². The van der Waals surface area contributed by atoms with Crippen LogP contribution >= 0.6 is 18.5 Å². The van der Waals surface area contributed by atoms with Gasteiger partial charge in [0.25, 0.3) is 0 Å². The van der Waals surface area contributed by atoms with Gasteiger partial charge < -0.3 is 0 Å². The molecule has 0 aromatic heterocycles. The molecule has 10 heavy (non-hydrogen) atoms. The van der Waals surface area contributed by atoms with E-state index in [0.29, 0.717) is 0 Å². The average Bonchev–Trinajstić information content (AvgIpc) is 1.88. The van der Waals surface area contributed by atoms with E-state index in [2.05, 4.69) is 31.2 Å². The molecule has 1 aromatic rings. The van der Waals surface area contributed by atoms with Crippen LogP contribution < -0.4 is 5.30 Å². The number of hydrogen-bond acceptors (Lipinski definition) is 0. The molecule has 0 amide bonds. The van der Waals surface area contributed by atoms with Crippen LogP contribution in [0.5, 0.6) is 0 Å². The van der Waals surface area contributed by atoms with Crippen molar-refractivity contribution in [1.29, 1.82) is 0 Å². The van der Waals surface area contributed by atoms with Gasteiger partial charge in [0.1, 0.15) is 0 Å². The van der Waals surface area contributed by atoms with Gasteiger partial charge in [0.15, 0.2) is 0 Å². The molecule has 0 bridgehead atoms. The summed E-state index contributed by atoms with van der Waals surface area (Å²) in [6.45, 7) is 4.12. The van der Waals surface area contributed by atoms with E-state index in [0.717, 1.165) is 0 Å². The summed E-state index contributed by atoms with van der Waals surface area (Å²) in [7, 11) is -0.436. The highest BCUT2D eigenvalue weighted by Gasteiger charge is 1.97. The van der Waals surface area contributed by atoms with Crippen molar-refractivity contribution in [2.24, 2.45) is 0 Å². The Balaban J connectivity index is 2.89. The maximum absolute atomic E-state index is 5.92. The van der Waals surface area contributed by atoms with Crippen LogP contribution in [0.15, 0.2) is 24.3 Å². The summed E-state index contributed by atoms with van der Waals surface area (Å²) in [6.07, 6.45) is 0. The minimum absolute atomic E-state index is 0.436. The molecule has 0 aliphatic carbocycles. The number of benzene rings is 1. The third kappa shape index (κ3) is 1.97. The first-order valence-electron chi connectivity index (χ1n) is 3.16. The van der Waals surface area contributed by atoms with Gasteiger partial charge in [0.05, 0.1) is 0 Å². The van der Waals surface area contributed by atoms with Crippen LogP contribution in [0.3, 0.4) is 0 Å². The van der Waals surface area contributed by atoms with Crippen LogP contribution in [0.1, 0.15) is 5.56 Å². The molecule has 1 unspecified atom stereocenters. The summed E-state index contributed by atoms with van der Waals surface area (Å²) < 4.78 is 0. The van der Waals surface area contributed by atoms with Crippen LogP contribution in [-0.2, 0) is 0 Å². The zero-order valence-corrected chi connectivity index (χ0v) is 7.78. The maximum atomic E-state index is 5.92. The standard InChI is InChI=1S/C8H10ClP/c1-7-3-5-8(6-4-7)10(2)9/h3-6H,1-2H3. The normalized spacial score (nSPS) is 13.1. The second-order valence-electron chi connectivity index (χ2n) is 2.31. The number of hydrogen-bond donors (Lipinski definition) is 0. The highest BCUT2D eigenvalue weighted by atomic mass is 35.7. The van der Waals surface area contributed by atoms with E-state index in [-0.39, 0.29) is 0 Å². The molecule has 0 nitrogen and oxygen atoms in total. The summed E-state index contributed by atoms with van der Waals surface area (Å²) in [6, 6.07) is 8.37. The van der Waals surface area contributed by atoms with Crippen molar-refractivity contribution >= 4 is 23.8 Å². The first kappa shape index (κ1) is 8.04. The molecule has 0 fully saturated rings. The molecule has 1 atom stereocenters. The van der Waals surface area contributed by atoms with E-state index in [9.17, 15) is 0 Å². The van der Waals surface area contributed by atoms with Crippen molar-refractivity contribution < 1.29 is 0 Å². The van der Waals surface area contributed by atoms with Gasteiger partial charge in [-0.25, -0.2) is 0 Å². The van der Waals surface area contributed by atoms with Crippen LogP contribution in [0.4, 0.5) is 0 Å². The smallest absolute Gasteiger partial charge is 0.0180 e. The molecule has 0 saturated heterocycles. The van der Waals surface area contributed by atoms with Crippen molar-refractivity contribution in [3.05, 3.63) is 29.8 Å². The van der Waals surface area contributed by atoms with E-state index in [1.165, 1.54) is 10.9 Å².